The Hall–Kier alpha value is -2.41. The third-order valence-corrected chi connectivity index (χ3v) is 5.88. The van der Waals surface area contributed by atoms with Crippen LogP contribution < -0.4 is 4.90 Å². The van der Waals surface area contributed by atoms with Gasteiger partial charge in [0, 0.05) is 40.2 Å². The number of halogens is 4. The van der Waals surface area contributed by atoms with Crippen LogP contribution >= 0.6 is 15.9 Å². The number of anilines is 1. The lowest BCUT2D eigenvalue weighted by atomic mass is 9.76. The van der Waals surface area contributed by atoms with E-state index in [-0.39, 0.29) is 30.1 Å². The maximum Gasteiger partial charge on any atom is 0.416 e. The van der Waals surface area contributed by atoms with Crippen LogP contribution in [0.3, 0.4) is 0 Å². The molecule has 1 aliphatic carbocycles. The average Bonchev–Trinajstić information content (AvgIpc) is 2.67. The first-order valence-electron chi connectivity index (χ1n) is 9.28. The third-order valence-electron chi connectivity index (χ3n) is 5.38. The van der Waals surface area contributed by atoms with Crippen LogP contribution in [-0.4, -0.2) is 11.7 Å². The first-order valence-corrected chi connectivity index (χ1v) is 10.1. The summed E-state index contributed by atoms with van der Waals surface area (Å²) in [5.74, 6) is -1.37. The predicted octanol–water partition coefficient (Wildman–Crippen LogP) is 6.00. The van der Waals surface area contributed by atoms with Gasteiger partial charge >= 0.3 is 6.18 Å². The highest BCUT2D eigenvalue weighted by molar-refractivity contribution is 9.10. The van der Waals surface area contributed by atoms with Crippen LogP contribution in [0.5, 0.6) is 0 Å². The van der Waals surface area contributed by atoms with E-state index in [1.165, 1.54) is 23.1 Å². The Kier molecular flexibility index (Phi) is 5.11. The summed E-state index contributed by atoms with van der Waals surface area (Å²) in [6.45, 7) is 0. The summed E-state index contributed by atoms with van der Waals surface area (Å²) in [7, 11) is 0. The standard InChI is InChI=1S/C22H17BrF3NO2/c23-13-5-3-6-14(11-13)27-18-9-4-10-19(28)21(18)16(12-20(27)29)15-7-1-2-8-17(15)22(24,25)26/h1-3,5-8,11,16H,4,9-10,12H2. The van der Waals surface area contributed by atoms with Gasteiger partial charge in [0.15, 0.2) is 5.78 Å². The number of amides is 1. The summed E-state index contributed by atoms with van der Waals surface area (Å²) in [6, 6.07) is 12.4. The van der Waals surface area contributed by atoms with E-state index in [4.69, 9.17) is 0 Å². The van der Waals surface area contributed by atoms with Crippen molar-refractivity contribution in [2.24, 2.45) is 0 Å². The molecule has 7 heteroatoms. The lowest BCUT2D eigenvalue weighted by Gasteiger charge is -2.39. The van der Waals surface area contributed by atoms with Crippen LogP contribution in [0.15, 0.2) is 64.3 Å². The van der Waals surface area contributed by atoms with Crippen molar-refractivity contribution in [3.8, 4) is 0 Å². The lowest BCUT2D eigenvalue weighted by molar-refractivity contribution is -0.138. The molecule has 0 radical (unpaired) electrons. The Morgan fingerprint density at radius 1 is 1.00 bits per heavy atom. The van der Waals surface area contributed by atoms with Crippen LogP contribution in [-0.2, 0) is 15.8 Å². The van der Waals surface area contributed by atoms with Crippen molar-refractivity contribution in [1.82, 2.24) is 0 Å². The van der Waals surface area contributed by atoms with Gasteiger partial charge in [-0.3, -0.25) is 14.5 Å². The Morgan fingerprint density at radius 3 is 2.48 bits per heavy atom. The molecule has 0 spiro atoms. The second kappa shape index (κ2) is 7.44. The molecule has 0 fully saturated rings. The number of allylic oxidation sites excluding steroid dienone is 2. The lowest BCUT2D eigenvalue weighted by Crippen LogP contribution is -2.41. The van der Waals surface area contributed by atoms with E-state index < -0.39 is 17.7 Å². The minimum Gasteiger partial charge on any atom is -0.294 e. The number of hydrogen-bond donors (Lipinski definition) is 0. The van der Waals surface area contributed by atoms with Crippen molar-refractivity contribution in [3.05, 3.63) is 75.4 Å². The van der Waals surface area contributed by atoms with Gasteiger partial charge in [-0.2, -0.15) is 13.2 Å². The fourth-order valence-electron chi connectivity index (χ4n) is 4.23. The summed E-state index contributed by atoms with van der Waals surface area (Å²) in [5.41, 5.74) is 0.670. The molecule has 2 aliphatic rings. The minimum absolute atomic E-state index is 0.00927. The van der Waals surface area contributed by atoms with Gasteiger partial charge in [0.2, 0.25) is 5.91 Å². The Labute approximate surface area is 174 Å². The van der Waals surface area contributed by atoms with Crippen LogP contribution in [0.4, 0.5) is 18.9 Å². The van der Waals surface area contributed by atoms with Crippen molar-refractivity contribution in [2.45, 2.75) is 37.8 Å². The van der Waals surface area contributed by atoms with E-state index in [0.29, 0.717) is 29.8 Å². The van der Waals surface area contributed by atoms with Gasteiger partial charge in [-0.05, 0) is 42.7 Å². The number of hydrogen-bond acceptors (Lipinski definition) is 2. The molecule has 0 N–H and O–H groups in total. The molecular weight excluding hydrogens is 447 g/mol. The monoisotopic (exact) mass is 463 g/mol. The topological polar surface area (TPSA) is 37.4 Å². The number of alkyl halides is 3. The zero-order valence-corrected chi connectivity index (χ0v) is 16.9. The normalized spacial score (nSPS) is 20.1. The number of nitrogens with zero attached hydrogens (tertiary/aromatic N) is 1. The maximum atomic E-state index is 13.6. The molecular formula is C22H17BrF3NO2. The van der Waals surface area contributed by atoms with Gasteiger partial charge in [0.25, 0.3) is 0 Å². The third kappa shape index (κ3) is 3.64. The van der Waals surface area contributed by atoms with Gasteiger partial charge in [-0.1, -0.05) is 40.2 Å². The SMILES string of the molecule is O=C1CCCC2=C1C(c1ccccc1C(F)(F)F)CC(=O)N2c1cccc(Br)c1. The molecule has 3 nitrogen and oxygen atoms in total. The van der Waals surface area contributed by atoms with Crippen molar-refractivity contribution in [2.75, 3.05) is 4.90 Å². The van der Waals surface area contributed by atoms with Crippen LogP contribution in [0.1, 0.15) is 42.7 Å². The Morgan fingerprint density at radius 2 is 1.76 bits per heavy atom. The molecule has 1 unspecified atom stereocenters. The second-order valence-corrected chi connectivity index (χ2v) is 8.10. The van der Waals surface area contributed by atoms with Gasteiger partial charge in [0.05, 0.1) is 5.56 Å². The van der Waals surface area contributed by atoms with E-state index in [1.54, 1.807) is 18.2 Å². The number of Topliss-reactive ketones (excluding diaryl/α,β-unsaturated/α-hetero) is 1. The van der Waals surface area contributed by atoms with E-state index in [9.17, 15) is 22.8 Å². The smallest absolute Gasteiger partial charge is 0.294 e. The molecule has 150 valence electrons. The molecule has 4 rings (SSSR count). The summed E-state index contributed by atoms with van der Waals surface area (Å²) >= 11 is 3.38. The number of ketones is 1. The molecule has 29 heavy (non-hydrogen) atoms. The second-order valence-electron chi connectivity index (χ2n) is 7.19. The number of carbonyl (C=O) groups is 2. The van der Waals surface area contributed by atoms with Crippen LogP contribution in [0, 0.1) is 0 Å². The molecule has 1 amide bonds. The van der Waals surface area contributed by atoms with E-state index in [0.717, 1.165) is 10.5 Å². The fourth-order valence-corrected chi connectivity index (χ4v) is 4.62. The first-order chi connectivity index (χ1) is 13.8. The van der Waals surface area contributed by atoms with Crippen molar-refractivity contribution in [1.29, 1.82) is 0 Å². The number of benzene rings is 2. The predicted molar refractivity (Wildman–Crippen MR) is 106 cm³/mol. The van der Waals surface area contributed by atoms with Crippen LogP contribution in [0.2, 0.25) is 0 Å². The molecule has 0 saturated carbocycles. The highest BCUT2D eigenvalue weighted by Gasteiger charge is 2.43. The minimum atomic E-state index is -4.56. The summed E-state index contributed by atoms with van der Waals surface area (Å²) in [5, 5.41) is 0. The van der Waals surface area contributed by atoms with E-state index in [2.05, 4.69) is 15.9 Å². The summed E-state index contributed by atoms with van der Waals surface area (Å²) < 4.78 is 41.6. The molecule has 0 aromatic heterocycles. The van der Waals surface area contributed by atoms with E-state index in [1.807, 2.05) is 6.07 Å². The van der Waals surface area contributed by atoms with Gasteiger partial charge in [0.1, 0.15) is 0 Å². The van der Waals surface area contributed by atoms with Crippen molar-refractivity contribution in [3.63, 3.8) is 0 Å². The Balaban J connectivity index is 1.90. The molecule has 2 aromatic rings. The summed E-state index contributed by atoms with van der Waals surface area (Å²) in [4.78, 5) is 27.4. The van der Waals surface area contributed by atoms with Gasteiger partial charge < -0.3 is 0 Å². The van der Waals surface area contributed by atoms with E-state index >= 15 is 0 Å². The largest absolute Gasteiger partial charge is 0.416 e. The van der Waals surface area contributed by atoms with Gasteiger partial charge in [-0.15, -0.1) is 0 Å². The number of rotatable bonds is 2. The quantitative estimate of drug-likeness (QED) is 0.547. The zero-order chi connectivity index (χ0) is 20.8. The maximum absolute atomic E-state index is 13.6. The van der Waals surface area contributed by atoms with Gasteiger partial charge in [-0.25, -0.2) is 0 Å². The molecule has 2 aromatic carbocycles. The highest BCUT2D eigenvalue weighted by atomic mass is 79.9. The molecule has 1 aliphatic heterocycles. The first kappa shape index (κ1) is 19.9. The number of carbonyl (C=O) groups excluding carboxylic acids is 2. The Bertz CT molecular complexity index is 1030. The molecule has 1 atom stereocenters. The van der Waals surface area contributed by atoms with Crippen molar-refractivity contribution >= 4 is 33.3 Å². The fraction of sp³-hybridized carbons (Fsp3) is 0.273. The average molecular weight is 464 g/mol. The summed E-state index contributed by atoms with van der Waals surface area (Å²) in [6.07, 6.45) is -3.40. The van der Waals surface area contributed by atoms with Crippen molar-refractivity contribution < 1.29 is 22.8 Å². The highest BCUT2D eigenvalue weighted by Crippen LogP contribution is 2.46. The van der Waals surface area contributed by atoms with Crippen LogP contribution in [0.25, 0.3) is 0 Å². The molecule has 1 heterocycles. The molecule has 0 bridgehead atoms. The zero-order valence-electron chi connectivity index (χ0n) is 15.3. The molecule has 0 saturated heterocycles.